The number of nitrogens with one attached hydrogen (secondary N) is 1. The van der Waals surface area contributed by atoms with Crippen LogP contribution in [-0.2, 0) is 17.6 Å². The largest absolute Gasteiger partial charge is 0.321 e. The van der Waals surface area contributed by atoms with E-state index in [1.165, 1.54) is 5.56 Å². The molecule has 0 atom stereocenters. The minimum Gasteiger partial charge on any atom is -0.321 e. The first-order valence-corrected chi connectivity index (χ1v) is 8.06. The number of alkyl halides is 1. The first-order valence-electron chi connectivity index (χ1n) is 7.52. The fourth-order valence-corrected chi connectivity index (χ4v) is 2.88. The van der Waals surface area contributed by atoms with Gasteiger partial charge in [-0.25, -0.2) is 0 Å². The molecule has 1 aliphatic heterocycles. The lowest BCUT2D eigenvalue weighted by Crippen LogP contribution is -2.03. The van der Waals surface area contributed by atoms with Crippen LogP contribution in [-0.4, -0.2) is 11.8 Å². The van der Waals surface area contributed by atoms with E-state index >= 15 is 0 Å². The van der Waals surface area contributed by atoms with E-state index in [9.17, 15) is 4.79 Å². The first kappa shape index (κ1) is 14.9. The molecule has 0 aromatic heterocycles. The summed E-state index contributed by atoms with van der Waals surface area (Å²) in [6.07, 6.45) is 3.77. The van der Waals surface area contributed by atoms with Crippen LogP contribution < -0.4 is 5.32 Å². The molecule has 1 aliphatic rings. The Labute approximate surface area is 135 Å². The monoisotopic (exact) mass is 311 g/mol. The molecule has 0 saturated heterocycles. The van der Waals surface area contributed by atoms with Crippen molar-refractivity contribution in [3.8, 4) is 0 Å². The third kappa shape index (κ3) is 2.93. The quantitative estimate of drug-likeness (QED) is 0.652. The lowest BCUT2D eigenvalue weighted by Gasteiger charge is -2.03. The zero-order valence-electron chi connectivity index (χ0n) is 12.5. The molecule has 2 nitrogen and oxygen atoms in total. The summed E-state index contributed by atoms with van der Waals surface area (Å²) in [4.78, 5) is 12.2. The molecular formula is C19H18ClNO. The molecule has 0 fully saturated rings. The van der Waals surface area contributed by atoms with Crippen LogP contribution in [0.1, 0.15) is 29.2 Å². The summed E-state index contributed by atoms with van der Waals surface area (Å²) >= 11 is 5.81. The van der Waals surface area contributed by atoms with E-state index in [0.29, 0.717) is 5.88 Å². The second kappa shape index (κ2) is 6.37. The molecule has 22 heavy (non-hydrogen) atoms. The van der Waals surface area contributed by atoms with Gasteiger partial charge in [0, 0.05) is 22.7 Å². The van der Waals surface area contributed by atoms with Crippen LogP contribution in [0.25, 0.3) is 11.6 Å². The van der Waals surface area contributed by atoms with Crippen LogP contribution in [0, 0.1) is 0 Å². The van der Waals surface area contributed by atoms with Gasteiger partial charge in [-0.05, 0) is 47.7 Å². The summed E-state index contributed by atoms with van der Waals surface area (Å²) < 4.78 is 0. The number of amides is 1. The third-order valence-electron chi connectivity index (χ3n) is 3.95. The van der Waals surface area contributed by atoms with Gasteiger partial charge >= 0.3 is 0 Å². The second-order valence-electron chi connectivity index (χ2n) is 5.43. The number of hydrogen-bond acceptors (Lipinski definition) is 1. The van der Waals surface area contributed by atoms with Crippen LogP contribution in [0.4, 0.5) is 5.69 Å². The highest BCUT2D eigenvalue weighted by Crippen LogP contribution is 2.34. The molecule has 3 heteroatoms. The molecule has 1 heterocycles. The Bertz CT molecular complexity index is 732. The average molecular weight is 312 g/mol. The number of halogens is 1. The number of rotatable bonds is 4. The Morgan fingerprint density at radius 2 is 1.82 bits per heavy atom. The highest BCUT2D eigenvalue weighted by atomic mass is 35.5. The fourth-order valence-electron chi connectivity index (χ4n) is 2.66. The van der Waals surface area contributed by atoms with E-state index in [0.717, 1.165) is 40.8 Å². The molecule has 0 unspecified atom stereocenters. The minimum atomic E-state index is -0.0439. The van der Waals surface area contributed by atoms with Gasteiger partial charge in [0.15, 0.2) is 0 Å². The van der Waals surface area contributed by atoms with Gasteiger partial charge in [-0.2, -0.15) is 0 Å². The summed E-state index contributed by atoms with van der Waals surface area (Å²) in [5.41, 5.74) is 6.04. The van der Waals surface area contributed by atoms with Gasteiger partial charge in [0.2, 0.25) is 0 Å². The molecule has 0 bridgehead atoms. The van der Waals surface area contributed by atoms with Crippen molar-refractivity contribution in [1.29, 1.82) is 0 Å². The predicted molar refractivity (Wildman–Crippen MR) is 93.2 cm³/mol. The van der Waals surface area contributed by atoms with Gasteiger partial charge < -0.3 is 5.32 Å². The summed E-state index contributed by atoms with van der Waals surface area (Å²) in [5.74, 6) is 0.537. The summed E-state index contributed by atoms with van der Waals surface area (Å²) in [5, 5.41) is 2.92. The molecule has 1 amide bonds. The molecule has 0 aliphatic carbocycles. The maximum Gasteiger partial charge on any atom is 0.256 e. The van der Waals surface area contributed by atoms with Crippen molar-refractivity contribution in [2.24, 2.45) is 0 Å². The van der Waals surface area contributed by atoms with Crippen molar-refractivity contribution in [2.45, 2.75) is 19.8 Å². The Balaban J connectivity index is 1.98. The van der Waals surface area contributed by atoms with Crippen LogP contribution in [0.15, 0.2) is 42.5 Å². The predicted octanol–water partition coefficient (Wildman–Crippen LogP) is 4.52. The summed E-state index contributed by atoms with van der Waals surface area (Å²) in [6, 6.07) is 14.3. The standard InChI is InChI=1S/C19H18ClNO/c1-2-13-3-5-14(6-4-13)12-17-16-11-15(9-10-20)7-8-18(16)21-19(17)22/h3-8,11-12H,2,9-10H2,1H3,(H,21,22). The number of hydrogen-bond donors (Lipinski definition) is 1. The molecule has 3 rings (SSSR count). The van der Waals surface area contributed by atoms with E-state index < -0.39 is 0 Å². The maximum atomic E-state index is 12.2. The number of benzene rings is 2. The first-order chi connectivity index (χ1) is 10.7. The van der Waals surface area contributed by atoms with Gasteiger partial charge in [0.05, 0.1) is 0 Å². The minimum absolute atomic E-state index is 0.0439. The molecule has 112 valence electrons. The Hall–Kier alpha value is -2.06. The van der Waals surface area contributed by atoms with Gasteiger partial charge in [0.25, 0.3) is 5.91 Å². The summed E-state index contributed by atoms with van der Waals surface area (Å²) in [6.45, 7) is 2.13. The topological polar surface area (TPSA) is 29.1 Å². The number of aryl methyl sites for hydroxylation is 2. The average Bonchev–Trinajstić information content (AvgIpc) is 2.84. The second-order valence-corrected chi connectivity index (χ2v) is 5.80. The lowest BCUT2D eigenvalue weighted by molar-refractivity contribution is -0.110. The Kier molecular flexibility index (Phi) is 4.30. The number of fused-ring (bicyclic) bond motifs is 1. The van der Waals surface area contributed by atoms with E-state index in [1.807, 2.05) is 18.2 Å². The Morgan fingerprint density at radius 1 is 1.09 bits per heavy atom. The van der Waals surface area contributed by atoms with Gasteiger partial charge in [0.1, 0.15) is 0 Å². The van der Waals surface area contributed by atoms with Crippen molar-refractivity contribution in [2.75, 3.05) is 11.2 Å². The smallest absolute Gasteiger partial charge is 0.256 e. The molecule has 0 saturated carbocycles. The molecule has 0 radical (unpaired) electrons. The van der Waals surface area contributed by atoms with Crippen molar-refractivity contribution >= 4 is 34.8 Å². The van der Waals surface area contributed by atoms with Gasteiger partial charge in [-0.15, -0.1) is 11.6 Å². The molecule has 2 aromatic rings. The molecular weight excluding hydrogens is 294 g/mol. The van der Waals surface area contributed by atoms with Crippen molar-refractivity contribution in [3.05, 3.63) is 64.7 Å². The highest BCUT2D eigenvalue weighted by molar-refractivity contribution is 6.34. The SMILES string of the molecule is CCc1ccc(C=C2C(=O)Nc3ccc(CCCl)cc32)cc1. The van der Waals surface area contributed by atoms with E-state index in [-0.39, 0.29) is 5.91 Å². The lowest BCUT2D eigenvalue weighted by atomic mass is 10.0. The zero-order valence-corrected chi connectivity index (χ0v) is 13.3. The van der Waals surface area contributed by atoms with Crippen LogP contribution in [0.5, 0.6) is 0 Å². The van der Waals surface area contributed by atoms with E-state index in [4.69, 9.17) is 11.6 Å². The third-order valence-corrected chi connectivity index (χ3v) is 4.14. The maximum absolute atomic E-state index is 12.2. The van der Waals surface area contributed by atoms with Gasteiger partial charge in [-0.3, -0.25) is 4.79 Å². The van der Waals surface area contributed by atoms with E-state index in [2.05, 4.69) is 42.6 Å². The van der Waals surface area contributed by atoms with Gasteiger partial charge in [-0.1, -0.05) is 37.3 Å². The zero-order chi connectivity index (χ0) is 15.5. The Morgan fingerprint density at radius 3 is 2.50 bits per heavy atom. The molecule has 2 aromatic carbocycles. The van der Waals surface area contributed by atoms with Crippen molar-refractivity contribution in [3.63, 3.8) is 0 Å². The van der Waals surface area contributed by atoms with Crippen molar-refractivity contribution < 1.29 is 4.79 Å². The summed E-state index contributed by atoms with van der Waals surface area (Å²) in [7, 11) is 0. The molecule has 0 spiro atoms. The normalized spacial score (nSPS) is 15.0. The number of anilines is 1. The van der Waals surface area contributed by atoms with Crippen LogP contribution in [0.3, 0.4) is 0 Å². The van der Waals surface area contributed by atoms with Crippen LogP contribution >= 0.6 is 11.6 Å². The van der Waals surface area contributed by atoms with E-state index in [1.54, 1.807) is 0 Å². The van der Waals surface area contributed by atoms with Crippen LogP contribution in [0.2, 0.25) is 0 Å². The highest BCUT2D eigenvalue weighted by Gasteiger charge is 2.24. The van der Waals surface area contributed by atoms with Crippen molar-refractivity contribution in [1.82, 2.24) is 0 Å². The molecule has 1 N–H and O–H groups in total. The fraction of sp³-hybridized carbons (Fsp3) is 0.211. The number of carbonyl (C=O) groups excluding carboxylic acids is 1. The number of carbonyl (C=O) groups is 1.